The number of nitrogens with one attached hydrogen (secondary N) is 1. The lowest BCUT2D eigenvalue weighted by molar-refractivity contribution is 0.0950. The number of carbonyl (C=O) groups is 1. The number of nitrogens with zero attached hydrogens (tertiary/aromatic N) is 3. The van der Waals surface area contributed by atoms with Crippen molar-refractivity contribution in [3.05, 3.63) is 98.9 Å². The van der Waals surface area contributed by atoms with Gasteiger partial charge in [-0.3, -0.25) is 9.59 Å². The molecule has 5 rings (SSSR count). The Bertz CT molecular complexity index is 1410. The Morgan fingerprint density at radius 2 is 1.97 bits per heavy atom. The van der Waals surface area contributed by atoms with Gasteiger partial charge in [0.05, 0.1) is 11.1 Å². The first-order chi connectivity index (χ1) is 15.1. The van der Waals surface area contributed by atoms with Gasteiger partial charge in [-0.25, -0.2) is 9.98 Å². The highest BCUT2D eigenvalue weighted by Crippen LogP contribution is 2.23. The highest BCUT2D eigenvalue weighted by Gasteiger charge is 2.15. The summed E-state index contributed by atoms with van der Waals surface area (Å²) in [4.78, 5) is 34.1. The number of aromatic nitrogens is 2. The molecule has 3 heterocycles. The summed E-state index contributed by atoms with van der Waals surface area (Å²) < 4.78 is 1.92. The average molecular weight is 429 g/mol. The number of fused-ring (bicyclic) bond motifs is 2. The molecule has 0 radical (unpaired) electrons. The Morgan fingerprint density at radius 1 is 1.13 bits per heavy atom. The monoisotopic (exact) mass is 428 g/mol. The van der Waals surface area contributed by atoms with Crippen LogP contribution in [0.2, 0.25) is 5.02 Å². The Balaban J connectivity index is 1.50. The number of para-hydroxylation sites is 1. The summed E-state index contributed by atoms with van der Waals surface area (Å²) in [5.41, 5.74) is 3.30. The smallest absolute Gasteiger partial charge is 0.253 e. The standard InChI is InChI=1S/C24H17ClN4O2/c25-18-6-7-20-21(11-18)29(19-4-2-1-3-5-19)14-17(22(20)30)13-28-24(31)16-10-15-8-9-26-23(15)27-12-16/h1-7,9-12,14H,8,13H2,(H,28,31). The molecule has 0 aliphatic carbocycles. The summed E-state index contributed by atoms with van der Waals surface area (Å²) in [6.45, 7) is 0.0939. The summed E-state index contributed by atoms with van der Waals surface area (Å²) >= 11 is 6.19. The van der Waals surface area contributed by atoms with Crippen molar-refractivity contribution < 1.29 is 4.79 Å². The quantitative estimate of drug-likeness (QED) is 0.528. The molecule has 0 bridgehead atoms. The normalized spacial score (nSPS) is 12.2. The summed E-state index contributed by atoms with van der Waals surface area (Å²) in [5, 5.41) is 3.93. The second kappa shape index (κ2) is 7.81. The molecule has 1 N–H and O–H groups in total. The van der Waals surface area contributed by atoms with Crippen LogP contribution in [-0.2, 0) is 13.0 Å². The highest BCUT2D eigenvalue weighted by atomic mass is 35.5. The third kappa shape index (κ3) is 3.62. The second-order valence-corrected chi connectivity index (χ2v) is 7.69. The van der Waals surface area contributed by atoms with Gasteiger partial charge in [-0.2, -0.15) is 0 Å². The Labute approximate surface area is 182 Å². The average Bonchev–Trinajstić information content (AvgIpc) is 3.27. The van der Waals surface area contributed by atoms with Crippen molar-refractivity contribution in [2.45, 2.75) is 13.0 Å². The minimum absolute atomic E-state index is 0.0939. The maximum absolute atomic E-state index is 13.1. The second-order valence-electron chi connectivity index (χ2n) is 7.26. The molecule has 0 spiro atoms. The van der Waals surface area contributed by atoms with Crippen molar-refractivity contribution in [1.29, 1.82) is 0 Å². The number of pyridine rings is 2. The van der Waals surface area contributed by atoms with Gasteiger partial charge in [-0.15, -0.1) is 0 Å². The molecule has 31 heavy (non-hydrogen) atoms. The SMILES string of the molecule is O=C(NCc1cn(-c2ccccc2)c2cc(Cl)ccc2c1=O)c1cnc2c(c1)CC=N2. The Morgan fingerprint density at radius 3 is 2.81 bits per heavy atom. The molecule has 0 unspecified atom stereocenters. The fourth-order valence-electron chi connectivity index (χ4n) is 3.68. The first kappa shape index (κ1) is 19.2. The van der Waals surface area contributed by atoms with E-state index in [1.54, 1.807) is 36.7 Å². The van der Waals surface area contributed by atoms with E-state index in [4.69, 9.17) is 11.6 Å². The first-order valence-electron chi connectivity index (χ1n) is 9.79. The molecule has 0 atom stereocenters. The molecule has 1 amide bonds. The van der Waals surface area contributed by atoms with Crippen molar-refractivity contribution in [2.24, 2.45) is 4.99 Å². The third-order valence-corrected chi connectivity index (χ3v) is 5.48. The zero-order chi connectivity index (χ0) is 21.4. The summed E-state index contributed by atoms with van der Waals surface area (Å²) in [5.74, 6) is 0.361. The molecular weight excluding hydrogens is 412 g/mol. The third-order valence-electron chi connectivity index (χ3n) is 5.24. The molecule has 0 fully saturated rings. The Hall–Kier alpha value is -3.77. The van der Waals surface area contributed by atoms with Gasteiger partial charge in [-0.05, 0) is 36.4 Å². The zero-order valence-electron chi connectivity index (χ0n) is 16.4. The summed E-state index contributed by atoms with van der Waals surface area (Å²) in [6.07, 6.45) is 5.69. The molecule has 0 saturated carbocycles. The number of halogens is 1. The Kier molecular flexibility index (Phi) is 4.84. The number of rotatable bonds is 4. The number of benzene rings is 2. The van der Waals surface area contributed by atoms with Gasteiger partial charge in [0.1, 0.15) is 0 Å². The minimum atomic E-state index is -0.288. The minimum Gasteiger partial charge on any atom is -0.348 e. The lowest BCUT2D eigenvalue weighted by Gasteiger charge is -2.14. The molecule has 1 aliphatic heterocycles. The van der Waals surface area contributed by atoms with E-state index in [0.29, 0.717) is 39.3 Å². The lowest BCUT2D eigenvalue weighted by Crippen LogP contribution is -2.27. The van der Waals surface area contributed by atoms with Crippen LogP contribution in [-0.4, -0.2) is 21.7 Å². The maximum atomic E-state index is 13.1. The fraction of sp³-hybridized carbons (Fsp3) is 0.0833. The number of carbonyl (C=O) groups excluding carboxylic acids is 1. The highest BCUT2D eigenvalue weighted by molar-refractivity contribution is 6.31. The fourth-order valence-corrected chi connectivity index (χ4v) is 3.85. The van der Waals surface area contributed by atoms with Crippen LogP contribution < -0.4 is 10.7 Å². The number of amides is 1. The molecule has 2 aromatic carbocycles. The molecule has 2 aromatic heterocycles. The van der Waals surface area contributed by atoms with E-state index in [0.717, 1.165) is 11.3 Å². The molecule has 7 heteroatoms. The molecule has 4 aromatic rings. The number of aliphatic imine (C=N–C) groups is 1. The number of hydrogen-bond acceptors (Lipinski definition) is 4. The molecule has 6 nitrogen and oxygen atoms in total. The van der Waals surface area contributed by atoms with Crippen LogP contribution in [0.1, 0.15) is 21.5 Å². The van der Waals surface area contributed by atoms with Crippen LogP contribution in [0.4, 0.5) is 5.82 Å². The van der Waals surface area contributed by atoms with Gasteiger partial charge in [0.2, 0.25) is 0 Å². The molecule has 1 aliphatic rings. The van der Waals surface area contributed by atoms with E-state index >= 15 is 0 Å². The van der Waals surface area contributed by atoms with Gasteiger partial charge in [-0.1, -0.05) is 29.8 Å². The van der Waals surface area contributed by atoms with E-state index in [2.05, 4.69) is 15.3 Å². The van der Waals surface area contributed by atoms with E-state index in [-0.39, 0.29) is 17.9 Å². The molecule has 152 valence electrons. The van der Waals surface area contributed by atoms with Crippen molar-refractivity contribution in [1.82, 2.24) is 14.9 Å². The van der Waals surface area contributed by atoms with Crippen molar-refractivity contribution >= 4 is 40.4 Å². The van der Waals surface area contributed by atoms with Gasteiger partial charge in [0, 0.05) is 58.8 Å². The van der Waals surface area contributed by atoms with Crippen molar-refractivity contribution in [3.8, 4) is 5.69 Å². The van der Waals surface area contributed by atoms with Crippen LogP contribution in [0.3, 0.4) is 0 Å². The lowest BCUT2D eigenvalue weighted by atomic mass is 10.1. The van der Waals surface area contributed by atoms with Crippen LogP contribution in [0.15, 0.2) is 76.8 Å². The topological polar surface area (TPSA) is 76.3 Å². The van der Waals surface area contributed by atoms with E-state index in [1.165, 1.54) is 6.20 Å². The zero-order valence-corrected chi connectivity index (χ0v) is 17.1. The van der Waals surface area contributed by atoms with E-state index in [9.17, 15) is 9.59 Å². The largest absolute Gasteiger partial charge is 0.348 e. The van der Waals surface area contributed by atoms with Crippen LogP contribution in [0.5, 0.6) is 0 Å². The predicted molar refractivity (Wildman–Crippen MR) is 122 cm³/mol. The maximum Gasteiger partial charge on any atom is 0.253 e. The number of hydrogen-bond donors (Lipinski definition) is 1. The van der Waals surface area contributed by atoms with Crippen LogP contribution >= 0.6 is 11.6 Å². The molecule has 0 saturated heterocycles. The molecular formula is C24H17ClN4O2. The van der Waals surface area contributed by atoms with Gasteiger partial charge >= 0.3 is 0 Å². The predicted octanol–water partition coefficient (Wildman–Crippen LogP) is 4.23. The van der Waals surface area contributed by atoms with E-state index in [1.807, 2.05) is 34.9 Å². The van der Waals surface area contributed by atoms with Crippen LogP contribution in [0, 0.1) is 0 Å². The van der Waals surface area contributed by atoms with E-state index < -0.39 is 0 Å². The summed E-state index contributed by atoms with van der Waals surface area (Å²) in [7, 11) is 0. The van der Waals surface area contributed by atoms with Gasteiger partial charge in [0.25, 0.3) is 5.91 Å². The summed E-state index contributed by atoms with van der Waals surface area (Å²) in [6, 6.07) is 16.7. The van der Waals surface area contributed by atoms with Crippen molar-refractivity contribution in [2.75, 3.05) is 0 Å². The van der Waals surface area contributed by atoms with Crippen molar-refractivity contribution in [3.63, 3.8) is 0 Å². The van der Waals surface area contributed by atoms with Gasteiger partial charge in [0.15, 0.2) is 11.2 Å². The van der Waals surface area contributed by atoms with Gasteiger partial charge < -0.3 is 9.88 Å². The van der Waals surface area contributed by atoms with Crippen LogP contribution in [0.25, 0.3) is 16.6 Å². The first-order valence-corrected chi connectivity index (χ1v) is 10.2.